The number of hydrogen-bond acceptors (Lipinski definition) is 8. The van der Waals surface area contributed by atoms with Crippen LogP contribution >= 0.6 is 35.0 Å². The predicted octanol–water partition coefficient (Wildman–Crippen LogP) is 1.76. The SMILES string of the molecule is CNC(=O)[C@@H](N)CSc1cnc(NS(=O)(=O)c2cccc(Cl)c2Cl)c(OC)n1. The van der Waals surface area contributed by atoms with Gasteiger partial charge in [-0.2, -0.15) is 0 Å². The molecule has 13 heteroatoms. The monoisotopic (exact) mass is 465 g/mol. The van der Waals surface area contributed by atoms with E-state index in [0.717, 1.165) is 0 Å². The highest BCUT2D eigenvalue weighted by Gasteiger charge is 2.23. The van der Waals surface area contributed by atoms with Crippen LogP contribution in [0.5, 0.6) is 5.88 Å². The van der Waals surface area contributed by atoms with Crippen LogP contribution in [-0.4, -0.2) is 50.2 Å². The average Bonchev–Trinajstić information content (AvgIpc) is 2.67. The van der Waals surface area contributed by atoms with Crippen molar-refractivity contribution in [1.29, 1.82) is 0 Å². The maximum Gasteiger partial charge on any atom is 0.264 e. The normalized spacial score (nSPS) is 12.3. The van der Waals surface area contributed by atoms with Gasteiger partial charge >= 0.3 is 0 Å². The molecule has 152 valence electrons. The minimum absolute atomic E-state index is 0.0553. The summed E-state index contributed by atoms with van der Waals surface area (Å²) in [5.41, 5.74) is 5.72. The van der Waals surface area contributed by atoms with Crippen LogP contribution in [0.25, 0.3) is 0 Å². The van der Waals surface area contributed by atoms with E-state index in [2.05, 4.69) is 20.0 Å². The summed E-state index contributed by atoms with van der Waals surface area (Å²) in [5.74, 6) is -0.241. The second kappa shape index (κ2) is 9.61. The molecule has 28 heavy (non-hydrogen) atoms. The number of thioether (sulfide) groups is 1. The molecule has 0 aliphatic rings. The number of nitrogens with one attached hydrogen (secondary N) is 2. The molecule has 0 saturated carbocycles. The maximum absolute atomic E-state index is 12.6. The molecule has 1 amide bonds. The molecule has 0 fully saturated rings. The first-order valence-corrected chi connectivity index (χ1v) is 10.9. The molecule has 0 unspecified atom stereocenters. The van der Waals surface area contributed by atoms with Gasteiger partial charge in [0.25, 0.3) is 15.9 Å². The van der Waals surface area contributed by atoms with Crippen molar-refractivity contribution in [3.63, 3.8) is 0 Å². The molecule has 0 radical (unpaired) electrons. The van der Waals surface area contributed by atoms with Gasteiger partial charge in [0.2, 0.25) is 11.7 Å². The Balaban J connectivity index is 2.22. The summed E-state index contributed by atoms with van der Waals surface area (Å²) in [7, 11) is -1.27. The van der Waals surface area contributed by atoms with Crippen molar-refractivity contribution >= 4 is 56.7 Å². The second-order valence-electron chi connectivity index (χ2n) is 5.26. The number of carbonyl (C=O) groups is 1. The van der Waals surface area contributed by atoms with Crippen LogP contribution in [0.15, 0.2) is 34.3 Å². The lowest BCUT2D eigenvalue weighted by molar-refractivity contribution is -0.121. The third-order valence-electron chi connectivity index (χ3n) is 3.34. The molecule has 0 saturated heterocycles. The van der Waals surface area contributed by atoms with Gasteiger partial charge in [-0.3, -0.25) is 9.52 Å². The third kappa shape index (κ3) is 5.39. The molecule has 1 atom stereocenters. The summed E-state index contributed by atoms with van der Waals surface area (Å²) in [4.78, 5) is 19.4. The summed E-state index contributed by atoms with van der Waals surface area (Å²) >= 11 is 13.0. The first-order chi connectivity index (χ1) is 13.2. The lowest BCUT2D eigenvalue weighted by Crippen LogP contribution is -2.40. The Hall–Kier alpha value is -1.79. The number of nitrogens with two attached hydrogens (primary N) is 1. The fourth-order valence-corrected chi connectivity index (χ4v) is 4.49. The van der Waals surface area contributed by atoms with Crippen molar-refractivity contribution in [2.45, 2.75) is 16.0 Å². The number of sulfonamides is 1. The van der Waals surface area contributed by atoms with E-state index in [1.165, 1.54) is 50.3 Å². The van der Waals surface area contributed by atoms with Crippen LogP contribution in [0.3, 0.4) is 0 Å². The zero-order valence-corrected chi connectivity index (χ0v) is 17.9. The van der Waals surface area contributed by atoms with Crippen LogP contribution in [0, 0.1) is 0 Å². The number of ether oxygens (including phenoxy) is 1. The van der Waals surface area contributed by atoms with E-state index in [1.54, 1.807) is 0 Å². The van der Waals surface area contributed by atoms with Crippen molar-refractivity contribution in [1.82, 2.24) is 15.3 Å². The Bertz CT molecular complexity index is 975. The van der Waals surface area contributed by atoms with E-state index in [9.17, 15) is 13.2 Å². The van der Waals surface area contributed by atoms with E-state index in [1.807, 2.05) is 0 Å². The maximum atomic E-state index is 12.6. The summed E-state index contributed by atoms with van der Waals surface area (Å²) in [6.45, 7) is 0. The van der Waals surface area contributed by atoms with Crippen LogP contribution in [0.4, 0.5) is 5.82 Å². The largest absolute Gasteiger partial charge is 0.478 e. The minimum atomic E-state index is -4.08. The number of benzene rings is 1. The Morgan fingerprint density at radius 1 is 1.39 bits per heavy atom. The zero-order valence-electron chi connectivity index (χ0n) is 14.8. The molecule has 0 spiro atoms. The number of aromatic nitrogens is 2. The molecule has 9 nitrogen and oxygen atoms in total. The number of anilines is 1. The summed E-state index contributed by atoms with van der Waals surface area (Å²) in [6.07, 6.45) is 1.33. The average molecular weight is 466 g/mol. The van der Waals surface area contributed by atoms with Gasteiger partial charge in [-0.1, -0.05) is 29.3 Å². The fourth-order valence-electron chi connectivity index (χ4n) is 1.95. The topological polar surface area (TPSA) is 136 Å². The number of likely N-dealkylation sites (N-methyl/N-ethyl adjacent to an activating group) is 1. The Morgan fingerprint density at radius 3 is 2.75 bits per heavy atom. The molecule has 1 aromatic carbocycles. The van der Waals surface area contributed by atoms with Gasteiger partial charge in [0.15, 0.2) is 0 Å². The number of halogens is 2. The molecular weight excluding hydrogens is 449 g/mol. The molecule has 0 aliphatic heterocycles. The standard InChI is InChI=1S/C15H17Cl2N5O4S2/c1-19-14(23)9(18)7-27-11-6-20-13(15(21-11)26-2)22-28(24,25)10-5-3-4-8(16)12(10)17/h3-6,9H,7,18H2,1-2H3,(H,19,23)(H,20,22)/t9-/m0/s1. The summed E-state index contributed by atoms with van der Waals surface area (Å²) < 4.78 is 32.6. The number of hydrogen-bond donors (Lipinski definition) is 3. The van der Waals surface area contributed by atoms with Gasteiger partial charge in [-0.05, 0) is 12.1 Å². The first-order valence-electron chi connectivity index (χ1n) is 7.67. The lowest BCUT2D eigenvalue weighted by atomic mass is 10.3. The quantitative estimate of drug-likeness (QED) is 0.501. The van der Waals surface area contributed by atoms with Gasteiger partial charge in [-0.15, -0.1) is 11.8 Å². The number of methoxy groups -OCH3 is 1. The highest BCUT2D eigenvalue weighted by atomic mass is 35.5. The molecule has 1 heterocycles. The van der Waals surface area contributed by atoms with Crippen molar-refractivity contribution in [2.75, 3.05) is 24.6 Å². The summed E-state index contributed by atoms with van der Waals surface area (Å²) in [6, 6.07) is 3.51. The van der Waals surface area contributed by atoms with Crippen molar-refractivity contribution in [3.05, 3.63) is 34.4 Å². The minimum Gasteiger partial charge on any atom is -0.478 e. The molecule has 0 bridgehead atoms. The van der Waals surface area contributed by atoms with E-state index < -0.39 is 16.1 Å². The fraction of sp³-hybridized carbons (Fsp3) is 0.267. The van der Waals surface area contributed by atoms with Crippen LogP contribution < -0.4 is 20.5 Å². The molecule has 2 aromatic rings. The predicted molar refractivity (Wildman–Crippen MR) is 109 cm³/mol. The Kier molecular flexibility index (Phi) is 7.72. The van der Waals surface area contributed by atoms with Crippen LogP contribution in [-0.2, 0) is 14.8 Å². The Labute approximate surface area is 176 Å². The van der Waals surface area contributed by atoms with Crippen LogP contribution in [0.1, 0.15) is 0 Å². The van der Waals surface area contributed by atoms with Crippen molar-refractivity contribution in [2.24, 2.45) is 5.73 Å². The van der Waals surface area contributed by atoms with Crippen molar-refractivity contribution in [3.8, 4) is 5.88 Å². The van der Waals surface area contributed by atoms with E-state index >= 15 is 0 Å². The van der Waals surface area contributed by atoms with Gasteiger partial charge in [0.1, 0.15) is 9.92 Å². The Morgan fingerprint density at radius 2 is 2.11 bits per heavy atom. The van der Waals surface area contributed by atoms with E-state index in [0.29, 0.717) is 5.03 Å². The van der Waals surface area contributed by atoms with Gasteiger partial charge < -0.3 is 15.8 Å². The van der Waals surface area contributed by atoms with E-state index in [-0.39, 0.29) is 38.3 Å². The molecule has 4 N–H and O–H groups in total. The van der Waals surface area contributed by atoms with E-state index in [4.69, 9.17) is 33.7 Å². The number of rotatable bonds is 8. The molecule has 2 rings (SSSR count). The number of amides is 1. The molecular formula is C15H17Cl2N5O4S2. The van der Waals surface area contributed by atoms with Crippen molar-refractivity contribution < 1.29 is 17.9 Å². The number of nitrogens with zero attached hydrogens (tertiary/aromatic N) is 2. The lowest BCUT2D eigenvalue weighted by Gasteiger charge is -2.13. The zero-order chi connectivity index (χ0) is 20.9. The smallest absolute Gasteiger partial charge is 0.264 e. The van der Waals surface area contributed by atoms with Crippen LogP contribution in [0.2, 0.25) is 10.0 Å². The summed E-state index contributed by atoms with van der Waals surface area (Å²) in [5, 5.41) is 2.84. The third-order valence-corrected chi connectivity index (χ3v) is 6.67. The van der Waals surface area contributed by atoms with Gasteiger partial charge in [0.05, 0.1) is 29.4 Å². The van der Waals surface area contributed by atoms with Gasteiger partial charge in [-0.25, -0.2) is 18.4 Å². The van der Waals surface area contributed by atoms with Gasteiger partial charge in [0, 0.05) is 12.8 Å². The second-order valence-corrected chi connectivity index (χ2v) is 8.73. The highest BCUT2D eigenvalue weighted by molar-refractivity contribution is 7.99. The first kappa shape index (κ1) is 22.5. The number of carbonyl (C=O) groups excluding carboxylic acids is 1. The molecule has 1 aromatic heterocycles. The molecule has 0 aliphatic carbocycles. The highest BCUT2D eigenvalue weighted by Crippen LogP contribution is 2.31.